The summed E-state index contributed by atoms with van der Waals surface area (Å²) in [5, 5.41) is 8.72. The van der Waals surface area contributed by atoms with Gasteiger partial charge in [-0.1, -0.05) is 6.92 Å². The van der Waals surface area contributed by atoms with Gasteiger partial charge >= 0.3 is 0 Å². The molecule has 136 valence electrons. The molecule has 0 saturated carbocycles. The van der Waals surface area contributed by atoms with Crippen molar-refractivity contribution in [2.24, 2.45) is 10.2 Å². The van der Waals surface area contributed by atoms with Crippen LogP contribution in [0.4, 0.5) is 17.1 Å². The first-order valence-corrected chi connectivity index (χ1v) is 9.26. The predicted molar refractivity (Wildman–Crippen MR) is 107 cm³/mol. The molecule has 0 fully saturated rings. The number of nitrogens with zero attached hydrogens (tertiary/aromatic N) is 3. The minimum absolute atomic E-state index is 0.0561. The van der Waals surface area contributed by atoms with Crippen molar-refractivity contribution in [3.8, 4) is 0 Å². The van der Waals surface area contributed by atoms with Gasteiger partial charge in [-0.2, -0.15) is 10.2 Å². The largest absolute Gasteiger partial charge is 0.366 e. The smallest absolute Gasteiger partial charge is 0.159 e. The van der Waals surface area contributed by atoms with Gasteiger partial charge in [0, 0.05) is 23.3 Å². The first kappa shape index (κ1) is 18.3. The minimum atomic E-state index is 0.0561. The Bertz CT molecular complexity index is 837. The molecule has 0 spiro atoms. The Hall–Kier alpha value is -2.49. The zero-order chi connectivity index (χ0) is 18.9. The van der Waals surface area contributed by atoms with Crippen molar-refractivity contribution < 1.29 is 4.79 Å². The summed E-state index contributed by atoms with van der Waals surface area (Å²) in [5.74, 6) is 0.549. The van der Waals surface area contributed by atoms with Gasteiger partial charge in [-0.25, -0.2) is 0 Å². The fraction of sp³-hybridized carbons (Fsp3) is 0.409. The maximum Gasteiger partial charge on any atom is 0.159 e. The lowest BCUT2D eigenvalue weighted by atomic mass is 9.80. The number of hydrogen-bond donors (Lipinski definition) is 0. The van der Waals surface area contributed by atoms with Gasteiger partial charge in [-0.3, -0.25) is 4.79 Å². The number of fused-ring (bicyclic) bond motifs is 1. The number of benzene rings is 2. The molecule has 2 aromatic rings. The van der Waals surface area contributed by atoms with Gasteiger partial charge in [0.25, 0.3) is 0 Å². The summed E-state index contributed by atoms with van der Waals surface area (Å²) in [7, 11) is 0. The molecule has 1 aliphatic heterocycles. The molecule has 1 aliphatic rings. The second kappa shape index (κ2) is 7.02. The highest BCUT2D eigenvalue weighted by Crippen LogP contribution is 2.44. The third kappa shape index (κ3) is 3.55. The Kier molecular flexibility index (Phi) is 4.94. The third-order valence-electron chi connectivity index (χ3n) is 5.24. The molecule has 0 N–H and O–H groups in total. The van der Waals surface area contributed by atoms with Crippen LogP contribution in [0.5, 0.6) is 0 Å². The van der Waals surface area contributed by atoms with Crippen molar-refractivity contribution in [1.29, 1.82) is 0 Å². The van der Waals surface area contributed by atoms with E-state index in [1.165, 1.54) is 11.3 Å². The maximum absolute atomic E-state index is 11.3. The molecule has 1 atom stereocenters. The Labute approximate surface area is 156 Å². The average molecular weight is 349 g/mol. The molecule has 0 unspecified atom stereocenters. The van der Waals surface area contributed by atoms with E-state index in [2.05, 4.69) is 55.0 Å². The summed E-state index contributed by atoms with van der Waals surface area (Å²) in [6.07, 6.45) is 1.13. The summed E-state index contributed by atoms with van der Waals surface area (Å²) in [4.78, 5) is 13.8. The quantitative estimate of drug-likeness (QED) is 0.472. The van der Waals surface area contributed by atoms with E-state index in [0.29, 0.717) is 11.5 Å². The normalized spacial score (nSPS) is 18.8. The number of hydrogen-bond acceptors (Lipinski definition) is 4. The van der Waals surface area contributed by atoms with E-state index in [-0.39, 0.29) is 11.3 Å². The van der Waals surface area contributed by atoms with E-state index < -0.39 is 0 Å². The summed E-state index contributed by atoms with van der Waals surface area (Å²) >= 11 is 0. The number of anilines is 1. The summed E-state index contributed by atoms with van der Waals surface area (Å²) in [6.45, 7) is 11.7. The Morgan fingerprint density at radius 2 is 1.73 bits per heavy atom. The summed E-state index contributed by atoms with van der Waals surface area (Å²) < 4.78 is 0. The lowest BCUT2D eigenvalue weighted by molar-refractivity contribution is 0.101. The van der Waals surface area contributed by atoms with Crippen molar-refractivity contribution in [2.75, 3.05) is 11.4 Å². The fourth-order valence-electron chi connectivity index (χ4n) is 4.02. The molecule has 1 heterocycles. The van der Waals surface area contributed by atoms with Gasteiger partial charge in [0.15, 0.2) is 5.78 Å². The molecule has 0 aliphatic carbocycles. The number of carbonyl (C=O) groups excluding carboxylic acids is 1. The van der Waals surface area contributed by atoms with E-state index >= 15 is 0 Å². The molecule has 26 heavy (non-hydrogen) atoms. The lowest BCUT2D eigenvalue weighted by Crippen LogP contribution is -2.48. The number of azo groups is 1. The van der Waals surface area contributed by atoms with Crippen LogP contribution in [0.2, 0.25) is 0 Å². The van der Waals surface area contributed by atoms with E-state index in [0.717, 1.165) is 24.3 Å². The van der Waals surface area contributed by atoms with Crippen LogP contribution in [0.25, 0.3) is 0 Å². The Morgan fingerprint density at radius 3 is 2.35 bits per heavy atom. The van der Waals surface area contributed by atoms with Crippen LogP contribution in [0.15, 0.2) is 52.7 Å². The average Bonchev–Trinajstić information content (AvgIpc) is 2.60. The molecule has 0 amide bonds. The Morgan fingerprint density at radius 1 is 1.12 bits per heavy atom. The van der Waals surface area contributed by atoms with Crippen molar-refractivity contribution in [1.82, 2.24) is 0 Å². The van der Waals surface area contributed by atoms with E-state index in [1.807, 2.05) is 18.2 Å². The van der Waals surface area contributed by atoms with Crippen LogP contribution in [-0.4, -0.2) is 17.9 Å². The van der Waals surface area contributed by atoms with Crippen LogP contribution < -0.4 is 4.90 Å². The molecule has 0 aromatic heterocycles. The van der Waals surface area contributed by atoms with Crippen LogP contribution in [0.3, 0.4) is 0 Å². The maximum atomic E-state index is 11.3. The highest BCUT2D eigenvalue weighted by atomic mass is 16.1. The zero-order valence-corrected chi connectivity index (χ0v) is 16.3. The molecule has 3 rings (SSSR count). The summed E-state index contributed by atoms with van der Waals surface area (Å²) in [6, 6.07) is 13.6. The second-order valence-corrected chi connectivity index (χ2v) is 7.71. The first-order chi connectivity index (χ1) is 12.3. The Balaban J connectivity index is 1.87. The van der Waals surface area contributed by atoms with E-state index in [9.17, 15) is 4.79 Å². The monoisotopic (exact) mass is 349 g/mol. The van der Waals surface area contributed by atoms with Crippen molar-refractivity contribution in [3.63, 3.8) is 0 Å². The molecule has 2 aromatic carbocycles. The second-order valence-electron chi connectivity index (χ2n) is 7.71. The molecule has 4 nitrogen and oxygen atoms in total. The first-order valence-electron chi connectivity index (χ1n) is 9.26. The lowest BCUT2D eigenvalue weighted by Gasteiger charge is -2.47. The van der Waals surface area contributed by atoms with Gasteiger partial charge in [-0.15, -0.1) is 0 Å². The van der Waals surface area contributed by atoms with Crippen molar-refractivity contribution >= 4 is 22.8 Å². The van der Waals surface area contributed by atoms with Crippen LogP contribution in [0.1, 0.15) is 62.9 Å². The van der Waals surface area contributed by atoms with Gasteiger partial charge < -0.3 is 4.90 Å². The van der Waals surface area contributed by atoms with Gasteiger partial charge in [0.2, 0.25) is 0 Å². The highest BCUT2D eigenvalue weighted by molar-refractivity contribution is 5.94. The van der Waals surface area contributed by atoms with Crippen LogP contribution in [0, 0.1) is 0 Å². The van der Waals surface area contributed by atoms with Crippen LogP contribution in [-0.2, 0) is 0 Å². The predicted octanol–water partition coefficient (Wildman–Crippen LogP) is 6.42. The number of rotatable bonds is 4. The van der Waals surface area contributed by atoms with Gasteiger partial charge in [0.1, 0.15) is 0 Å². The van der Waals surface area contributed by atoms with E-state index in [1.54, 1.807) is 19.1 Å². The minimum Gasteiger partial charge on any atom is -0.366 e. The molecular formula is C22H27N3O. The standard InChI is InChI=1S/C22H27N3O/c1-6-25-21-12-11-19(13-20(21)15(2)14-22(25,4)5)24-23-18-9-7-17(8-10-18)16(3)26/h7-13,15H,6,14H2,1-5H3/t15-/m1/s1. The fourth-order valence-corrected chi connectivity index (χ4v) is 4.02. The van der Waals surface area contributed by atoms with Crippen molar-refractivity contribution in [3.05, 3.63) is 53.6 Å². The molecule has 0 bridgehead atoms. The van der Waals surface area contributed by atoms with Gasteiger partial charge in [-0.05, 0) is 88.1 Å². The number of Topliss-reactive ketones (excluding diaryl/α,β-unsaturated/α-hetero) is 1. The van der Waals surface area contributed by atoms with Crippen molar-refractivity contribution in [2.45, 2.75) is 52.5 Å². The topological polar surface area (TPSA) is 45.0 Å². The van der Waals surface area contributed by atoms with Crippen LogP contribution >= 0.6 is 0 Å². The van der Waals surface area contributed by atoms with Gasteiger partial charge in [0.05, 0.1) is 11.4 Å². The SMILES string of the molecule is CCN1c2ccc(N=Nc3ccc(C(C)=O)cc3)cc2[C@H](C)CC1(C)C. The summed E-state index contributed by atoms with van der Waals surface area (Å²) in [5.41, 5.74) is 5.12. The third-order valence-corrected chi connectivity index (χ3v) is 5.24. The number of carbonyl (C=O) groups is 1. The highest BCUT2D eigenvalue weighted by Gasteiger charge is 2.35. The molecule has 0 radical (unpaired) electrons. The van der Waals surface area contributed by atoms with E-state index in [4.69, 9.17) is 0 Å². The number of ketones is 1. The molecular weight excluding hydrogens is 322 g/mol. The zero-order valence-electron chi connectivity index (χ0n) is 16.3. The molecule has 4 heteroatoms. The molecule has 0 saturated heterocycles.